The highest BCUT2D eigenvalue weighted by atomic mass is 32.2. The summed E-state index contributed by atoms with van der Waals surface area (Å²) in [6, 6.07) is 8.94. The predicted octanol–water partition coefficient (Wildman–Crippen LogP) is 1.75. The summed E-state index contributed by atoms with van der Waals surface area (Å²) in [4.78, 5) is 28.5. The lowest BCUT2D eigenvalue weighted by Crippen LogP contribution is -2.50. The highest BCUT2D eigenvalue weighted by Gasteiger charge is 2.26. The molecule has 1 saturated heterocycles. The number of benzene rings is 2. The molecule has 32 heavy (non-hydrogen) atoms. The van der Waals surface area contributed by atoms with Crippen LogP contribution in [0, 0.1) is 19.7 Å². The number of rotatable bonds is 6. The Bertz CT molecular complexity index is 1110. The molecule has 172 valence electrons. The fourth-order valence-electron chi connectivity index (χ4n) is 3.63. The number of sulfonamides is 1. The van der Waals surface area contributed by atoms with Crippen LogP contribution in [0.3, 0.4) is 0 Å². The average Bonchev–Trinajstić information content (AvgIpc) is 2.76. The number of nitrogens with zero attached hydrogens (tertiary/aromatic N) is 2. The van der Waals surface area contributed by atoms with Crippen molar-refractivity contribution in [1.29, 1.82) is 0 Å². The minimum Gasteiger partial charge on any atom is -0.336 e. The van der Waals surface area contributed by atoms with Gasteiger partial charge in [0.1, 0.15) is 5.82 Å². The van der Waals surface area contributed by atoms with E-state index in [1.54, 1.807) is 0 Å². The van der Waals surface area contributed by atoms with Gasteiger partial charge in [-0.15, -0.1) is 0 Å². The summed E-state index contributed by atoms with van der Waals surface area (Å²) in [7, 11) is -2.55. The van der Waals surface area contributed by atoms with Crippen molar-refractivity contribution in [2.45, 2.75) is 18.7 Å². The number of halogens is 1. The van der Waals surface area contributed by atoms with Crippen LogP contribution in [0.15, 0.2) is 41.3 Å². The lowest BCUT2D eigenvalue weighted by Gasteiger charge is -2.34. The van der Waals surface area contributed by atoms with E-state index in [4.69, 9.17) is 0 Å². The highest BCUT2D eigenvalue weighted by Crippen LogP contribution is 2.20. The van der Waals surface area contributed by atoms with Gasteiger partial charge in [0, 0.05) is 31.9 Å². The molecule has 1 heterocycles. The van der Waals surface area contributed by atoms with Crippen LogP contribution in [0.5, 0.6) is 0 Å². The maximum absolute atomic E-state index is 14.3. The van der Waals surface area contributed by atoms with Crippen LogP contribution in [-0.4, -0.2) is 69.8 Å². The fraction of sp³-hybridized carbons (Fsp3) is 0.364. The Morgan fingerprint density at radius 1 is 1.03 bits per heavy atom. The summed E-state index contributed by atoms with van der Waals surface area (Å²) in [6.45, 7) is 5.55. The predicted molar refractivity (Wildman–Crippen MR) is 120 cm³/mol. The van der Waals surface area contributed by atoms with Crippen LogP contribution in [0.2, 0.25) is 0 Å². The number of nitrogens with one attached hydrogen (secondary N) is 2. The molecule has 2 aromatic rings. The number of carbonyl (C=O) groups is 2. The van der Waals surface area contributed by atoms with Crippen molar-refractivity contribution < 1.29 is 22.4 Å². The van der Waals surface area contributed by atoms with Crippen molar-refractivity contribution in [3.8, 4) is 0 Å². The van der Waals surface area contributed by atoms with Crippen molar-refractivity contribution in [1.82, 2.24) is 14.5 Å². The number of hydrogen-bond donors (Lipinski definition) is 2. The maximum Gasteiger partial charge on any atom is 0.256 e. The van der Waals surface area contributed by atoms with E-state index in [9.17, 15) is 22.4 Å². The lowest BCUT2D eigenvalue weighted by molar-refractivity contribution is -0.117. The molecule has 0 saturated carbocycles. The quantitative estimate of drug-likeness (QED) is 0.682. The molecule has 2 aromatic carbocycles. The van der Waals surface area contributed by atoms with Crippen molar-refractivity contribution in [3.05, 3.63) is 58.9 Å². The second-order valence-corrected chi connectivity index (χ2v) is 9.62. The normalized spacial score (nSPS) is 14.9. The first-order valence-corrected chi connectivity index (χ1v) is 11.7. The fourth-order valence-corrected chi connectivity index (χ4v) is 4.38. The first-order valence-electron chi connectivity index (χ1n) is 10.2. The SMILES string of the molecule is CNS(=O)(=O)c1ccc(F)c(C(=O)N2CCN(CC(=O)Nc3c(C)cccc3C)CC2)c1. The zero-order valence-electron chi connectivity index (χ0n) is 18.3. The molecule has 0 bridgehead atoms. The smallest absolute Gasteiger partial charge is 0.256 e. The van der Waals surface area contributed by atoms with Crippen LogP contribution in [0.25, 0.3) is 0 Å². The van der Waals surface area contributed by atoms with E-state index in [0.29, 0.717) is 26.2 Å². The van der Waals surface area contributed by atoms with Crippen LogP contribution in [-0.2, 0) is 14.8 Å². The van der Waals surface area contributed by atoms with Gasteiger partial charge < -0.3 is 10.2 Å². The molecule has 0 atom stereocenters. The van der Waals surface area contributed by atoms with Crippen LogP contribution < -0.4 is 10.0 Å². The van der Waals surface area contributed by atoms with Gasteiger partial charge >= 0.3 is 0 Å². The van der Waals surface area contributed by atoms with Crippen molar-refractivity contribution >= 4 is 27.5 Å². The molecule has 1 aliphatic rings. The lowest BCUT2D eigenvalue weighted by atomic mass is 10.1. The molecule has 2 amide bonds. The summed E-state index contributed by atoms with van der Waals surface area (Å²) in [5.74, 6) is -1.49. The van der Waals surface area contributed by atoms with Crippen molar-refractivity contribution in [2.75, 3.05) is 45.1 Å². The summed E-state index contributed by atoms with van der Waals surface area (Å²) < 4.78 is 40.4. The average molecular weight is 463 g/mol. The first kappa shape index (κ1) is 23.8. The number of hydrogen-bond acceptors (Lipinski definition) is 5. The molecule has 0 aromatic heterocycles. The van der Waals surface area contributed by atoms with Crippen molar-refractivity contribution in [2.24, 2.45) is 0 Å². The molecule has 3 rings (SSSR count). The van der Waals surface area contributed by atoms with Crippen LogP contribution in [0.4, 0.5) is 10.1 Å². The Labute approximate surface area is 187 Å². The van der Waals surface area contributed by atoms with E-state index < -0.39 is 21.7 Å². The molecule has 10 heteroatoms. The second kappa shape index (κ2) is 9.76. The number of carbonyl (C=O) groups excluding carboxylic acids is 2. The minimum atomic E-state index is -3.80. The third kappa shape index (κ3) is 5.32. The summed E-state index contributed by atoms with van der Waals surface area (Å²) in [6.07, 6.45) is 0. The van der Waals surface area contributed by atoms with E-state index >= 15 is 0 Å². The molecule has 0 unspecified atom stereocenters. The Hall–Kier alpha value is -2.82. The van der Waals surface area contributed by atoms with Gasteiger partial charge in [-0.2, -0.15) is 0 Å². The molecule has 0 spiro atoms. The van der Waals surface area contributed by atoms with Gasteiger partial charge in [-0.05, 0) is 50.2 Å². The zero-order chi connectivity index (χ0) is 23.5. The van der Waals surface area contributed by atoms with Gasteiger partial charge in [-0.3, -0.25) is 14.5 Å². The number of amides is 2. The van der Waals surface area contributed by atoms with E-state index in [0.717, 1.165) is 35.0 Å². The number of piperazine rings is 1. The van der Waals surface area contributed by atoms with Gasteiger partial charge in [-0.25, -0.2) is 17.5 Å². The molecule has 2 N–H and O–H groups in total. The van der Waals surface area contributed by atoms with Crippen LogP contribution >= 0.6 is 0 Å². The Morgan fingerprint density at radius 2 is 1.66 bits per heavy atom. The summed E-state index contributed by atoms with van der Waals surface area (Å²) in [5, 5.41) is 2.95. The topological polar surface area (TPSA) is 98.8 Å². The number of para-hydroxylation sites is 1. The number of anilines is 1. The molecule has 1 fully saturated rings. The summed E-state index contributed by atoms with van der Waals surface area (Å²) in [5.41, 5.74) is 2.48. The van der Waals surface area contributed by atoms with E-state index in [1.807, 2.05) is 36.9 Å². The third-order valence-electron chi connectivity index (χ3n) is 5.52. The molecule has 0 radical (unpaired) electrons. The van der Waals surface area contributed by atoms with Crippen molar-refractivity contribution in [3.63, 3.8) is 0 Å². The highest BCUT2D eigenvalue weighted by molar-refractivity contribution is 7.89. The Balaban J connectivity index is 1.60. The third-order valence-corrected chi connectivity index (χ3v) is 6.93. The monoisotopic (exact) mass is 462 g/mol. The van der Waals surface area contributed by atoms with Gasteiger partial charge in [0.15, 0.2) is 0 Å². The standard InChI is InChI=1S/C22H27FN4O4S/c1-15-5-4-6-16(2)21(15)25-20(28)14-26-9-11-27(12-10-26)22(29)18-13-17(7-8-19(18)23)32(30,31)24-3/h4-8,13,24H,9-12,14H2,1-3H3,(H,25,28). The largest absolute Gasteiger partial charge is 0.336 e. The molecular formula is C22H27FN4O4S. The Kier molecular flexibility index (Phi) is 7.27. The summed E-state index contributed by atoms with van der Waals surface area (Å²) >= 11 is 0. The zero-order valence-corrected chi connectivity index (χ0v) is 19.1. The van der Waals surface area contributed by atoms with Gasteiger partial charge in [0.05, 0.1) is 17.0 Å². The van der Waals surface area contributed by atoms with E-state index in [2.05, 4.69) is 10.0 Å². The van der Waals surface area contributed by atoms with Gasteiger partial charge in [-0.1, -0.05) is 18.2 Å². The van der Waals surface area contributed by atoms with Crippen LogP contribution in [0.1, 0.15) is 21.5 Å². The molecule has 0 aliphatic carbocycles. The van der Waals surface area contributed by atoms with E-state index in [1.165, 1.54) is 11.9 Å². The molecule has 1 aliphatic heterocycles. The molecular weight excluding hydrogens is 435 g/mol. The minimum absolute atomic E-state index is 0.141. The second-order valence-electron chi connectivity index (χ2n) is 7.73. The van der Waals surface area contributed by atoms with Gasteiger partial charge in [0.2, 0.25) is 15.9 Å². The van der Waals surface area contributed by atoms with E-state index in [-0.39, 0.29) is 22.9 Å². The van der Waals surface area contributed by atoms with Gasteiger partial charge in [0.25, 0.3) is 5.91 Å². The number of aryl methyl sites for hydroxylation is 2. The first-order chi connectivity index (χ1) is 15.1. The Morgan fingerprint density at radius 3 is 2.25 bits per heavy atom. The maximum atomic E-state index is 14.3. The molecule has 8 nitrogen and oxygen atoms in total.